The summed E-state index contributed by atoms with van der Waals surface area (Å²) in [5.74, 6) is 1.43. The van der Waals surface area contributed by atoms with Crippen LogP contribution in [0.4, 0.5) is 0 Å². The van der Waals surface area contributed by atoms with Gasteiger partial charge in [0.15, 0.2) is 0 Å². The highest BCUT2D eigenvalue weighted by Crippen LogP contribution is 2.35. The Morgan fingerprint density at radius 2 is 2.20 bits per heavy atom. The van der Waals surface area contributed by atoms with Crippen molar-refractivity contribution in [3.63, 3.8) is 0 Å². The molecule has 84 valence electrons. The van der Waals surface area contributed by atoms with Gasteiger partial charge in [-0.2, -0.15) is 0 Å². The van der Waals surface area contributed by atoms with Crippen LogP contribution in [0.25, 0.3) is 0 Å². The zero-order valence-electron chi connectivity index (χ0n) is 9.62. The molecule has 1 unspecified atom stereocenters. The van der Waals surface area contributed by atoms with E-state index in [4.69, 9.17) is 10.5 Å². The van der Waals surface area contributed by atoms with Gasteiger partial charge in [0.05, 0.1) is 7.11 Å². The van der Waals surface area contributed by atoms with Crippen molar-refractivity contribution in [1.29, 1.82) is 0 Å². The molecular weight excluding hydrogens is 206 g/mol. The first-order valence-electron chi connectivity index (χ1n) is 5.15. The van der Waals surface area contributed by atoms with Gasteiger partial charge in [-0.1, -0.05) is 13.0 Å². The van der Waals surface area contributed by atoms with Crippen molar-refractivity contribution in [3.05, 3.63) is 23.8 Å². The summed E-state index contributed by atoms with van der Waals surface area (Å²) in [6.45, 7) is 2.91. The number of thioether (sulfide) groups is 1. The third-order valence-corrected chi connectivity index (χ3v) is 3.35. The molecule has 2 N–H and O–H groups in total. The van der Waals surface area contributed by atoms with Gasteiger partial charge in [0, 0.05) is 10.5 Å². The van der Waals surface area contributed by atoms with Gasteiger partial charge in [0.25, 0.3) is 0 Å². The molecule has 0 aromatic heterocycles. The average molecular weight is 225 g/mol. The Kier molecular flexibility index (Phi) is 4.99. The van der Waals surface area contributed by atoms with Crippen molar-refractivity contribution in [2.45, 2.75) is 24.2 Å². The second-order valence-electron chi connectivity index (χ2n) is 3.55. The summed E-state index contributed by atoms with van der Waals surface area (Å²) in [7, 11) is 1.72. The van der Waals surface area contributed by atoms with E-state index in [2.05, 4.69) is 19.2 Å². The van der Waals surface area contributed by atoms with Crippen LogP contribution in [0.1, 0.15) is 24.8 Å². The number of rotatable bonds is 5. The van der Waals surface area contributed by atoms with E-state index in [1.165, 1.54) is 10.5 Å². The molecule has 0 aliphatic heterocycles. The third-order valence-electron chi connectivity index (χ3n) is 2.56. The van der Waals surface area contributed by atoms with Crippen LogP contribution < -0.4 is 10.5 Å². The Balaban J connectivity index is 3.09. The minimum absolute atomic E-state index is 0.452. The maximum atomic E-state index is 5.60. The molecule has 0 heterocycles. The molecule has 1 aromatic carbocycles. The van der Waals surface area contributed by atoms with Gasteiger partial charge in [0.2, 0.25) is 0 Å². The zero-order valence-corrected chi connectivity index (χ0v) is 10.4. The van der Waals surface area contributed by atoms with E-state index in [1.54, 1.807) is 18.9 Å². The number of nitrogens with two attached hydrogens (primary N) is 1. The molecular formula is C12H19NOS. The second kappa shape index (κ2) is 6.03. The van der Waals surface area contributed by atoms with E-state index in [-0.39, 0.29) is 0 Å². The number of hydrogen-bond donors (Lipinski definition) is 1. The first-order valence-corrected chi connectivity index (χ1v) is 6.38. The van der Waals surface area contributed by atoms with Crippen LogP contribution in [0.15, 0.2) is 23.1 Å². The molecule has 1 rings (SSSR count). The second-order valence-corrected chi connectivity index (χ2v) is 4.40. The van der Waals surface area contributed by atoms with E-state index in [1.807, 2.05) is 12.1 Å². The van der Waals surface area contributed by atoms with Gasteiger partial charge < -0.3 is 10.5 Å². The van der Waals surface area contributed by atoms with E-state index < -0.39 is 0 Å². The Hall–Kier alpha value is -0.670. The summed E-state index contributed by atoms with van der Waals surface area (Å²) in [5, 5.41) is 0. The molecule has 15 heavy (non-hydrogen) atoms. The molecule has 0 amide bonds. The number of methoxy groups -OCH3 is 1. The predicted octanol–water partition coefficient (Wildman–Crippen LogP) is 2.87. The molecule has 1 aromatic rings. The molecule has 0 aliphatic carbocycles. The highest BCUT2D eigenvalue weighted by molar-refractivity contribution is 7.98. The molecule has 0 saturated heterocycles. The molecule has 1 atom stereocenters. The summed E-state index contributed by atoms with van der Waals surface area (Å²) in [6.07, 6.45) is 3.08. The maximum Gasteiger partial charge on any atom is 0.123 e. The van der Waals surface area contributed by atoms with Crippen LogP contribution >= 0.6 is 11.8 Å². The quantitative estimate of drug-likeness (QED) is 0.783. The van der Waals surface area contributed by atoms with Gasteiger partial charge in [-0.15, -0.1) is 11.8 Å². The SMILES string of the molecule is COc1cccc(SC)c1C(C)CCN. The predicted molar refractivity (Wildman–Crippen MR) is 66.9 cm³/mol. The van der Waals surface area contributed by atoms with Crippen LogP contribution in [0, 0.1) is 0 Å². The monoisotopic (exact) mass is 225 g/mol. The fourth-order valence-corrected chi connectivity index (χ4v) is 2.50. The smallest absolute Gasteiger partial charge is 0.123 e. The lowest BCUT2D eigenvalue weighted by atomic mass is 9.97. The van der Waals surface area contributed by atoms with Gasteiger partial charge in [0.1, 0.15) is 5.75 Å². The standard InChI is InChI=1S/C12H19NOS/c1-9(7-8-13)12-10(14-2)5-4-6-11(12)15-3/h4-6,9H,7-8,13H2,1-3H3. The first-order chi connectivity index (χ1) is 7.24. The lowest BCUT2D eigenvalue weighted by molar-refractivity contribution is 0.403. The average Bonchev–Trinajstić information content (AvgIpc) is 2.28. The van der Waals surface area contributed by atoms with Crippen LogP contribution in [-0.2, 0) is 0 Å². The number of ether oxygens (including phenoxy) is 1. The Bertz CT molecular complexity index is 292. The molecule has 0 spiro atoms. The third kappa shape index (κ3) is 2.89. The summed E-state index contributed by atoms with van der Waals surface area (Å²) in [4.78, 5) is 1.29. The molecule has 0 saturated carbocycles. The summed E-state index contributed by atoms with van der Waals surface area (Å²) < 4.78 is 5.40. The highest BCUT2D eigenvalue weighted by atomic mass is 32.2. The molecule has 0 bridgehead atoms. The highest BCUT2D eigenvalue weighted by Gasteiger charge is 2.14. The van der Waals surface area contributed by atoms with Crippen LogP contribution in [0.5, 0.6) is 5.75 Å². The van der Waals surface area contributed by atoms with Gasteiger partial charge in [-0.05, 0) is 37.3 Å². The van der Waals surface area contributed by atoms with Crippen molar-refractivity contribution in [3.8, 4) is 5.75 Å². The van der Waals surface area contributed by atoms with Crippen molar-refractivity contribution in [2.24, 2.45) is 5.73 Å². The fourth-order valence-electron chi connectivity index (χ4n) is 1.76. The normalized spacial score (nSPS) is 12.5. The molecule has 3 heteroatoms. The van der Waals surface area contributed by atoms with Crippen LogP contribution in [-0.4, -0.2) is 19.9 Å². The molecule has 0 fully saturated rings. The van der Waals surface area contributed by atoms with Crippen molar-refractivity contribution < 1.29 is 4.74 Å². The van der Waals surface area contributed by atoms with E-state index >= 15 is 0 Å². The topological polar surface area (TPSA) is 35.2 Å². The van der Waals surface area contributed by atoms with Gasteiger partial charge in [-0.3, -0.25) is 0 Å². The summed E-state index contributed by atoms with van der Waals surface area (Å²) in [6, 6.07) is 6.18. The van der Waals surface area contributed by atoms with Gasteiger partial charge in [-0.25, -0.2) is 0 Å². The van der Waals surface area contributed by atoms with Crippen molar-refractivity contribution in [1.82, 2.24) is 0 Å². The zero-order chi connectivity index (χ0) is 11.3. The summed E-state index contributed by atoms with van der Waals surface area (Å²) >= 11 is 1.76. The maximum absolute atomic E-state index is 5.60. The molecule has 0 radical (unpaired) electrons. The van der Waals surface area contributed by atoms with Gasteiger partial charge >= 0.3 is 0 Å². The van der Waals surface area contributed by atoms with E-state index in [0.29, 0.717) is 12.5 Å². The lowest BCUT2D eigenvalue weighted by Crippen LogP contribution is -2.06. The number of benzene rings is 1. The minimum Gasteiger partial charge on any atom is -0.496 e. The lowest BCUT2D eigenvalue weighted by Gasteiger charge is -2.18. The number of hydrogen-bond acceptors (Lipinski definition) is 3. The first kappa shape index (κ1) is 12.4. The summed E-state index contributed by atoms with van der Waals surface area (Å²) in [5.41, 5.74) is 6.89. The minimum atomic E-state index is 0.452. The van der Waals surface area contributed by atoms with Crippen molar-refractivity contribution >= 4 is 11.8 Å². The Morgan fingerprint density at radius 3 is 2.73 bits per heavy atom. The fraction of sp³-hybridized carbons (Fsp3) is 0.500. The molecule has 0 aliphatic rings. The Morgan fingerprint density at radius 1 is 1.47 bits per heavy atom. The molecule has 2 nitrogen and oxygen atoms in total. The van der Waals surface area contributed by atoms with E-state index in [0.717, 1.165) is 12.2 Å². The van der Waals surface area contributed by atoms with Crippen LogP contribution in [0.3, 0.4) is 0 Å². The van der Waals surface area contributed by atoms with Crippen LogP contribution in [0.2, 0.25) is 0 Å². The Labute approximate surface area is 96.2 Å². The van der Waals surface area contributed by atoms with E-state index in [9.17, 15) is 0 Å². The largest absolute Gasteiger partial charge is 0.496 e. The van der Waals surface area contributed by atoms with Crippen molar-refractivity contribution in [2.75, 3.05) is 19.9 Å².